The summed E-state index contributed by atoms with van der Waals surface area (Å²) in [4.78, 5) is 12.3. The zero-order valence-corrected chi connectivity index (χ0v) is 11.0. The van der Waals surface area contributed by atoms with E-state index in [4.69, 9.17) is 4.74 Å². The van der Waals surface area contributed by atoms with E-state index in [-0.39, 0.29) is 11.4 Å². The SMILES string of the molecule is COC1(CC(=O)c2ccc3c(c2)CCC3)CCC1. The molecule has 0 N–H and O–H groups in total. The largest absolute Gasteiger partial charge is 0.378 e. The molecule has 96 valence electrons. The molecular weight excluding hydrogens is 224 g/mol. The number of aryl methyl sites for hydroxylation is 2. The normalized spacial score (nSPS) is 20.3. The lowest BCUT2D eigenvalue weighted by Crippen LogP contribution is -2.41. The molecule has 2 nitrogen and oxygen atoms in total. The highest BCUT2D eigenvalue weighted by Gasteiger charge is 2.39. The molecule has 0 unspecified atom stereocenters. The maximum absolute atomic E-state index is 12.3. The van der Waals surface area contributed by atoms with Crippen LogP contribution in [0.5, 0.6) is 0 Å². The van der Waals surface area contributed by atoms with Crippen molar-refractivity contribution >= 4 is 5.78 Å². The van der Waals surface area contributed by atoms with Gasteiger partial charge in [0.25, 0.3) is 0 Å². The Labute approximate surface area is 108 Å². The van der Waals surface area contributed by atoms with Gasteiger partial charge in [-0.2, -0.15) is 0 Å². The van der Waals surface area contributed by atoms with Crippen LogP contribution >= 0.6 is 0 Å². The molecule has 2 aliphatic carbocycles. The van der Waals surface area contributed by atoms with Gasteiger partial charge in [-0.1, -0.05) is 12.1 Å². The summed E-state index contributed by atoms with van der Waals surface area (Å²) in [7, 11) is 1.73. The van der Waals surface area contributed by atoms with Gasteiger partial charge in [0.1, 0.15) is 0 Å². The van der Waals surface area contributed by atoms with Crippen LogP contribution in [0.1, 0.15) is 53.6 Å². The van der Waals surface area contributed by atoms with Crippen molar-refractivity contribution in [2.24, 2.45) is 0 Å². The first-order valence-electron chi connectivity index (χ1n) is 6.93. The van der Waals surface area contributed by atoms with E-state index in [0.717, 1.165) is 24.8 Å². The van der Waals surface area contributed by atoms with Crippen molar-refractivity contribution < 1.29 is 9.53 Å². The molecule has 0 heterocycles. The summed E-state index contributed by atoms with van der Waals surface area (Å²) in [6.07, 6.45) is 7.32. The lowest BCUT2D eigenvalue weighted by atomic mass is 9.75. The Morgan fingerprint density at radius 1 is 1.22 bits per heavy atom. The van der Waals surface area contributed by atoms with E-state index in [2.05, 4.69) is 12.1 Å². The number of ketones is 1. The highest BCUT2D eigenvalue weighted by atomic mass is 16.5. The number of ether oxygens (including phenoxy) is 1. The minimum atomic E-state index is -0.157. The van der Waals surface area contributed by atoms with Crippen molar-refractivity contribution in [3.63, 3.8) is 0 Å². The van der Waals surface area contributed by atoms with Crippen LogP contribution in [-0.4, -0.2) is 18.5 Å². The van der Waals surface area contributed by atoms with Crippen molar-refractivity contribution in [2.75, 3.05) is 7.11 Å². The molecule has 0 bridgehead atoms. The fourth-order valence-electron chi connectivity index (χ4n) is 3.16. The molecule has 0 atom stereocenters. The second kappa shape index (κ2) is 4.51. The number of hydrogen-bond donors (Lipinski definition) is 0. The summed E-state index contributed by atoms with van der Waals surface area (Å²) >= 11 is 0. The Balaban J connectivity index is 1.76. The highest BCUT2D eigenvalue weighted by molar-refractivity contribution is 5.97. The second-order valence-corrected chi connectivity index (χ2v) is 5.68. The minimum Gasteiger partial charge on any atom is -0.378 e. The number of Topliss-reactive ketones (excluding diaryl/α,β-unsaturated/α-hetero) is 1. The molecule has 0 spiro atoms. The van der Waals surface area contributed by atoms with E-state index in [0.29, 0.717) is 6.42 Å². The third-order valence-corrected chi connectivity index (χ3v) is 4.60. The Morgan fingerprint density at radius 3 is 2.67 bits per heavy atom. The maximum atomic E-state index is 12.3. The maximum Gasteiger partial charge on any atom is 0.165 e. The van der Waals surface area contributed by atoms with Crippen LogP contribution in [0.3, 0.4) is 0 Å². The van der Waals surface area contributed by atoms with Gasteiger partial charge in [0.2, 0.25) is 0 Å². The molecule has 0 saturated heterocycles. The standard InChI is InChI=1S/C16H20O2/c1-18-16(8-3-9-16)11-15(17)14-7-6-12-4-2-5-13(12)10-14/h6-7,10H,2-5,8-9,11H2,1H3. The molecule has 0 aromatic heterocycles. The fourth-order valence-corrected chi connectivity index (χ4v) is 3.16. The summed E-state index contributed by atoms with van der Waals surface area (Å²) in [6, 6.07) is 6.23. The van der Waals surface area contributed by atoms with Gasteiger partial charge in [-0.25, -0.2) is 0 Å². The average molecular weight is 244 g/mol. The molecule has 1 aromatic carbocycles. The molecule has 18 heavy (non-hydrogen) atoms. The monoisotopic (exact) mass is 244 g/mol. The molecule has 0 radical (unpaired) electrons. The molecular formula is C16H20O2. The number of hydrogen-bond acceptors (Lipinski definition) is 2. The first-order valence-corrected chi connectivity index (χ1v) is 6.93. The molecule has 1 aromatic rings. The number of rotatable bonds is 4. The van der Waals surface area contributed by atoms with Crippen LogP contribution in [0.25, 0.3) is 0 Å². The fraction of sp³-hybridized carbons (Fsp3) is 0.562. The molecule has 0 amide bonds. The lowest BCUT2D eigenvalue weighted by molar-refractivity contribution is -0.0704. The van der Waals surface area contributed by atoms with Gasteiger partial charge >= 0.3 is 0 Å². The Bertz CT molecular complexity index is 466. The van der Waals surface area contributed by atoms with E-state index in [1.807, 2.05) is 6.07 Å². The number of carbonyl (C=O) groups is 1. The summed E-state index contributed by atoms with van der Waals surface area (Å²) < 4.78 is 5.54. The smallest absolute Gasteiger partial charge is 0.165 e. The highest BCUT2D eigenvalue weighted by Crippen LogP contribution is 2.39. The van der Waals surface area contributed by atoms with E-state index in [1.54, 1.807) is 7.11 Å². The molecule has 0 aliphatic heterocycles. The molecule has 1 fully saturated rings. The predicted molar refractivity (Wildman–Crippen MR) is 71.0 cm³/mol. The summed E-state index contributed by atoms with van der Waals surface area (Å²) in [5.74, 6) is 0.242. The zero-order valence-electron chi connectivity index (χ0n) is 11.0. The van der Waals surface area contributed by atoms with Crippen molar-refractivity contribution in [1.29, 1.82) is 0 Å². The average Bonchev–Trinajstić information content (AvgIpc) is 2.80. The van der Waals surface area contributed by atoms with Gasteiger partial charge in [-0.3, -0.25) is 4.79 Å². The Hall–Kier alpha value is -1.15. The van der Waals surface area contributed by atoms with Crippen LogP contribution in [0.15, 0.2) is 18.2 Å². The number of carbonyl (C=O) groups excluding carboxylic acids is 1. The van der Waals surface area contributed by atoms with E-state index in [1.165, 1.54) is 30.4 Å². The second-order valence-electron chi connectivity index (χ2n) is 5.68. The van der Waals surface area contributed by atoms with Gasteiger partial charge in [0.15, 0.2) is 5.78 Å². The molecule has 2 heteroatoms. The van der Waals surface area contributed by atoms with Gasteiger partial charge in [-0.15, -0.1) is 0 Å². The van der Waals surface area contributed by atoms with Gasteiger partial charge in [0, 0.05) is 19.1 Å². The van der Waals surface area contributed by atoms with Crippen molar-refractivity contribution in [3.05, 3.63) is 34.9 Å². The van der Waals surface area contributed by atoms with E-state index >= 15 is 0 Å². The third kappa shape index (κ3) is 1.99. The van der Waals surface area contributed by atoms with E-state index < -0.39 is 0 Å². The molecule has 2 aliphatic rings. The lowest BCUT2D eigenvalue weighted by Gasteiger charge is -2.40. The van der Waals surface area contributed by atoms with Crippen molar-refractivity contribution in [1.82, 2.24) is 0 Å². The Kier molecular flexibility index (Phi) is 2.98. The number of fused-ring (bicyclic) bond motifs is 1. The summed E-state index contributed by atoms with van der Waals surface area (Å²) in [5, 5.41) is 0. The topological polar surface area (TPSA) is 26.3 Å². The van der Waals surface area contributed by atoms with Crippen LogP contribution in [0.4, 0.5) is 0 Å². The van der Waals surface area contributed by atoms with Crippen molar-refractivity contribution in [3.8, 4) is 0 Å². The number of benzene rings is 1. The van der Waals surface area contributed by atoms with Gasteiger partial charge in [-0.05, 0) is 55.7 Å². The van der Waals surface area contributed by atoms with Crippen LogP contribution in [0.2, 0.25) is 0 Å². The number of methoxy groups -OCH3 is 1. The zero-order chi connectivity index (χ0) is 12.6. The van der Waals surface area contributed by atoms with E-state index in [9.17, 15) is 4.79 Å². The minimum absolute atomic E-state index is 0.157. The van der Waals surface area contributed by atoms with Crippen LogP contribution in [0, 0.1) is 0 Å². The predicted octanol–water partition coefficient (Wildman–Crippen LogP) is 3.32. The van der Waals surface area contributed by atoms with Crippen molar-refractivity contribution in [2.45, 2.75) is 50.5 Å². The van der Waals surface area contributed by atoms with Gasteiger partial charge in [0.05, 0.1) is 5.60 Å². The first-order chi connectivity index (χ1) is 8.72. The van der Waals surface area contributed by atoms with Crippen LogP contribution < -0.4 is 0 Å². The van der Waals surface area contributed by atoms with Gasteiger partial charge < -0.3 is 4.74 Å². The summed E-state index contributed by atoms with van der Waals surface area (Å²) in [5.41, 5.74) is 3.52. The molecule has 1 saturated carbocycles. The first kappa shape index (κ1) is 11.9. The quantitative estimate of drug-likeness (QED) is 0.759. The third-order valence-electron chi connectivity index (χ3n) is 4.60. The summed E-state index contributed by atoms with van der Waals surface area (Å²) in [6.45, 7) is 0. The Morgan fingerprint density at radius 2 is 2.00 bits per heavy atom. The van der Waals surface area contributed by atoms with Crippen LogP contribution in [-0.2, 0) is 17.6 Å². The molecule has 3 rings (SSSR count).